The molecule has 0 aliphatic heterocycles. The van der Waals surface area contributed by atoms with Gasteiger partial charge in [-0.2, -0.15) is 0 Å². The van der Waals surface area contributed by atoms with E-state index >= 15 is 0 Å². The predicted octanol–water partition coefficient (Wildman–Crippen LogP) is 3.34. The number of hydrogen-bond acceptors (Lipinski definition) is 0. The van der Waals surface area contributed by atoms with Crippen LogP contribution in [0.1, 0.15) is 6.42 Å². The van der Waals surface area contributed by atoms with Crippen LogP contribution in [0.2, 0.25) is 0 Å². The lowest BCUT2D eigenvalue weighted by Gasteiger charge is -2.24. The molecule has 3 atom stereocenters. The van der Waals surface area contributed by atoms with E-state index in [-0.39, 0.29) is 16.1 Å². The van der Waals surface area contributed by atoms with E-state index in [9.17, 15) is 0 Å². The monoisotopic (exact) mass is 218 g/mol. The Morgan fingerprint density at radius 1 is 1.30 bits per heavy atom. The highest BCUT2D eigenvalue weighted by Crippen LogP contribution is 2.32. The largest absolute Gasteiger partial charge is 0.121 e. The molecule has 0 aromatic carbocycles. The van der Waals surface area contributed by atoms with Gasteiger partial charge >= 0.3 is 0 Å². The van der Waals surface area contributed by atoms with Crippen LogP contribution in [0.4, 0.5) is 0 Å². The third-order valence-corrected chi connectivity index (χ3v) is 3.70. The van der Waals surface area contributed by atoms with Crippen molar-refractivity contribution in [1.82, 2.24) is 0 Å². The molecular weight excluding hydrogens is 214 g/mol. The van der Waals surface area contributed by atoms with Gasteiger partial charge in [0.25, 0.3) is 0 Å². The number of rotatable bonds is 0. The van der Waals surface area contributed by atoms with E-state index < -0.39 is 0 Å². The molecule has 0 fully saturated rings. The highest BCUT2D eigenvalue weighted by molar-refractivity contribution is 6.42. The minimum atomic E-state index is -0.320. The normalized spacial score (nSPS) is 41.2. The molecule has 0 N–H and O–H groups in total. The summed E-state index contributed by atoms with van der Waals surface area (Å²) in [5.41, 5.74) is 0. The Kier molecular flexibility index (Phi) is 3.18. The first-order valence-electron chi connectivity index (χ1n) is 2.90. The lowest BCUT2D eigenvalue weighted by atomic mass is 10.1. The molecule has 0 heterocycles. The Bertz CT molecular complexity index is 154. The van der Waals surface area contributed by atoms with Crippen molar-refractivity contribution in [3.63, 3.8) is 0 Å². The topological polar surface area (TPSA) is 0 Å². The van der Waals surface area contributed by atoms with Crippen molar-refractivity contribution in [1.29, 1.82) is 0 Å². The van der Waals surface area contributed by atoms with Crippen molar-refractivity contribution in [3.05, 3.63) is 11.1 Å². The quantitative estimate of drug-likeness (QED) is 0.549. The first-order chi connectivity index (χ1) is 4.63. The first-order valence-corrected chi connectivity index (χ1v) is 4.59. The van der Waals surface area contributed by atoms with Crippen molar-refractivity contribution in [3.8, 4) is 0 Å². The molecule has 0 saturated heterocycles. The van der Waals surface area contributed by atoms with Gasteiger partial charge in [0.1, 0.15) is 0 Å². The molecule has 0 nitrogen and oxygen atoms in total. The van der Waals surface area contributed by atoms with Crippen LogP contribution >= 0.6 is 46.4 Å². The summed E-state index contributed by atoms with van der Waals surface area (Å²) in [7, 11) is 0. The van der Waals surface area contributed by atoms with E-state index in [0.29, 0.717) is 11.5 Å². The van der Waals surface area contributed by atoms with Crippen molar-refractivity contribution in [2.24, 2.45) is 0 Å². The van der Waals surface area contributed by atoms with Crippen LogP contribution in [-0.2, 0) is 0 Å². The van der Waals surface area contributed by atoms with E-state index in [1.807, 2.05) is 6.08 Å². The zero-order valence-corrected chi connectivity index (χ0v) is 8.05. The van der Waals surface area contributed by atoms with Crippen LogP contribution in [0.25, 0.3) is 0 Å². The van der Waals surface area contributed by atoms with E-state index in [1.54, 1.807) is 0 Å². The second-order valence-electron chi connectivity index (χ2n) is 2.19. The van der Waals surface area contributed by atoms with Gasteiger partial charge in [0.2, 0.25) is 0 Å². The lowest BCUT2D eigenvalue weighted by molar-refractivity contribution is 0.746. The summed E-state index contributed by atoms with van der Waals surface area (Å²) in [6.45, 7) is 0. The van der Waals surface area contributed by atoms with Gasteiger partial charge in [-0.05, 0) is 6.42 Å². The van der Waals surface area contributed by atoms with Crippen LogP contribution in [0, 0.1) is 0 Å². The zero-order valence-electron chi connectivity index (χ0n) is 5.03. The smallest absolute Gasteiger partial charge is 0.0866 e. The molecule has 0 saturated carbocycles. The second-order valence-corrected chi connectivity index (χ2v) is 4.16. The molecule has 1 aliphatic rings. The Labute approximate surface area is 80.1 Å². The van der Waals surface area contributed by atoms with Gasteiger partial charge in [-0.15, -0.1) is 34.8 Å². The van der Waals surface area contributed by atoms with Crippen molar-refractivity contribution >= 4 is 46.4 Å². The molecule has 3 unspecified atom stereocenters. The Morgan fingerprint density at radius 2 is 1.90 bits per heavy atom. The average Bonchev–Trinajstić information content (AvgIpc) is 1.93. The Morgan fingerprint density at radius 3 is 2.40 bits per heavy atom. The summed E-state index contributed by atoms with van der Waals surface area (Å²) in [5, 5.41) is -0.0503. The molecule has 1 rings (SSSR count). The number of alkyl halides is 3. The minimum absolute atomic E-state index is 0.0910. The van der Waals surface area contributed by atoms with Gasteiger partial charge in [-0.25, -0.2) is 0 Å². The molecule has 58 valence electrons. The maximum atomic E-state index is 5.82. The SMILES string of the molecule is ClC1=CCC(Cl)C(Cl)C1Cl. The summed E-state index contributed by atoms with van der Waals surface area (Å²) >= 11 is 23.1. The predicted molar refractivity (Wildman–Crippen MR) is 47.5 cm³/mol. The maximum absolute atomic E-state index is 5.82. The zero-order chi connectivity index (χ0) is 7.72. The molecule has 0 aromatic rings. The van der Waals surface area contributed by atoms with Crippen molar-refractivity contribution in [2.45, 2.75) is 22.6 Å². The summed E-state index contributed by atoms with van der Waals surface area (Å²) in [5.74, 6) is 0. The van der Waals surface area contributed by atoms with Gasteiger partial charge in [-0.3, -0.25) is 0 Å². The fraction of sp³-hybridized carbons (Fsp3) is 0.667. The Hall–Kier alpha value is 0.900. The van der Waals surface area contributed by atoms with E-state index in [2.05, 4.69) is 0 Å². The first kappa shape index (κ1) is 8.99. The molecule has 0 aromatic heterocycles. The highest BCUT2D eigenvalue weighted by atomic mass is 35.5. The minimum Gasteiger partial charge on any atom is -0.121 e. The number of hydrogen-bond donors (Lipinski definition) is 0. The van der Waals surface area contributed by atoms with Crippen molar-refractivity contribution < 1.29 is 0 Å². The van der Waals surface area contributed by atoms with Crippen LogP contribution in [-0.4, -0.2) is 16.1 Å². The fourth-order valence-corrected chi connectivity index (χ4v) is 1.90. The summed E-state index contributed by atoms with van der Waals surface area (Å²) in [6.07, 6.45) is 2.52. The van der Waals surface area contributed by atoms with Crippen LogP contribution < -0.4 is 0 Å². The molecule has 0 amide bonds. The lowest BCUT2D eigenvalue weighted by Crippen LogP contribution is -2.29. The Balaban J connectivity index is 2.71. The van der Waals surface area contributed by atoms with Gasteiger partial charge in [0.15, 0.2) is 0 Å². The molecule has 0 radical (unpaired) electrons. The van der Waals surface area contributed by atoms with Crippen LogP contribution in [0.15, 0.2) is 11.1 Å². The molecule has 0 bridgehead atoms. The number of allylic oxidation sites excluding steroid dienone is 2. The van der Waals surface area contributed by atoms with Crippen LogP contribution in [0.3, 0.4) is 0 Å². The van der Waals surface area contributed by atoms with Gasteiger partial charge in [0, 0.05) is 5.03 Å². The van der Waals surface area contributed by atoms with Gasteiger partial charge in [-0.1, -0.05) is 17.7 Å². The van der Waals surface area contributed by atoms with E-state index in [0.717, 1.165) is 0 Å². The summed E-state index contributed by atoms with van der Waals surface area (Å²) in [6, 6.07) is 0. The third-order valence-electron chi connectivity index (χ3n) is 1.43. The second kappa shape index (κ2) is 3.53. The third kappa shape index (κ3) is 1.73. The van der Waals surface area contributed by atoms with Gasteiger partial charge < -0.3 is 0 Å². The molecule has 4 heteroatoms. The molecule has 0 spiro atoms. The molecule has 10 heavy (non-hydrogen) atoms. The molecular formula is C6H6Cl4. The van der Waals surface area contributed by atoms with E-state index in [4.69, 9.17) is 46.4 Å². The summed E-state index contributed by atoms with van der Waals surface area (Å²) in [4.78, 5) is 0. The highest BCUT2D eigenvalue weighted by Gasteiger charge is 2.30. The number of halogens is 4. The van der Waals surface area contributed by atoms with E-state index in [1.165, 1.54) is 0 Å². The fourth-order valence-electron chi connectivity index (χ4n) is 0.803. The van der Waals surface area contributed by atoms with Gasteiger partial charge in [0.05, 0.1) is 16.1 Å². The molecule has 1 aliphatic carbocycles. The standard InChI is InChI=1S/C6H6Cl4/c7-3-1-2-4(8)6(10)5(3)9/h1,4-6H,2H2. The van der Waals surface area contributed by atoms with Crippen LogP contribution in [0.5, 0.6) is 0 Å². The average molecular weight is 220 g/mol. The van der Waals surface area contributed by atoms with Crippen molar-refractivity contribution in [2.75, 3.05) is 0 Å². The maximum Gasteiger partial charge on any atom is 0.0866 e. The summed E-state index contributed by atoms with van der Waals surface area (Å²) < 4.78 is 0.